The van der Waals surface area contributed by atoms with Crippen LogP contribution in [0.5, 0.6) is 0 Å². The van der Waals surface area contributed by atoms with Crippen molar-refractivity contribution in [1.29, 1.82) is 0 Å². The molecule has 202 valence electrons. The van der Waals surface area contributed by atoms with Crippen molar-refractivity contribution < 1.29 is 24.2 Å². The van der Waals surface area contributed by atoms with Gasteiger partial charge in [0.2, 0.25) is 0 Å². The molecule has 0 aromatic rings. The molecule has 0 unspecified atom stereocenters. The fourth-order valence-corrected chi connectivity index (χ4v) is 9.98. The maximum atomic E-state index is 14.3. The molecule has 1 N–H and O–H groups in total. The first-order chi connectivity index (χ1) is 17.8. The largest absolute Gasteiger partial charge is 0.393 e. The van der Waals surface area contributed by atoms with E-state index >= 15 is 0 Å². The van der Waals surface area contributed by atoms with E-state index < -0.39 is 17.1 Å². The molecule has 2 heterocycles. The van der Waals surface area contributed by atoms with E-state index in [0.29, 0.717) is 25.3 Å². The van der Waals surface area contributed by atoms with Gasteiger partial charge >= 0.3 is 0 Å². The van der Waals surface area contributed by atoms with E-state index in [4.69, 9.17) is 9.47 Å². The van der Waals surface area contributed by atoms with Gasteiger partial charge in [-0.1, -0.05) is 50.8 Å². The van der Waals surface area contributed by atoms with Crippen LogP contribution in [0.25, 0.3) is 0 Å². The number of allylic oxidation sites excluding steroid dienone is 4. The van der Waals surface area contributed by atoms with Gasteiger partial charge in [0.15, 0.2) is 23.5 Å². The van der Waals surface area contributed by atoms with Gasteiger partial charge in [-0.15, -0.1) is 0 Å². The van der Waals surface area contributed by atoms with Gasteiger partial charge in [0.05, 0.1) is 18.8 Å². The van der Waals surface area contributed by atoms with Gasteiger partial charge in [-0.25, -0.2) is 0 Å². The molecule has 37 heavy (non-hydrogen) atoms. The molecule has 0 radical (unpaired) electrons. The van der Waals surface area contributed by atoms with Crippen LogP contribution in [0.1, 0.15) is 78.1 Å². The summed E-state index contributed by atoms with van der Waals surface area (Å²) in [6, 6.07) is 0. The number of aliphatic hydroxyl groups is 1. The predicted molar refractivity (Wildman–Crippen MR) is 139 cm³/mol. The lowest BCUT2D eigenvalue weighted by Gasteiger charge is -2.59. The first kappa shape index (κ1) is 24.7. The van der Waals surface area contributed by atoms with Crippen LogP contribution in [-0.2, 0) is 19.1 Å². The molecule has 7 rings (SSSR count). The number of ether oxygens (including phenoxy) is 2. The summed E-state index contributed by atoms with van der Waals surface area (Å²) in [7, 11) is 0. The fraction of sp³-hybridized carbons (Fsp3) is 0.806. The maximum Gasteiger partial charge on any atom is 0.181 e. The number of ketones is 2. The number of carbonyl (C=O) groups is 2. The predicted octanol–water partition coefficient (Wildman–Crippen LogP) is 4.21. The van der Waals surface area contributed by atoms with E-state index in [2.05, 4.69) is 30.9 Å². The molecule has 9 atom stereocenters. The van der Waals surface area contributed by atoms with Crippen LogP contribution in [0.2, 0.25) is 0 Å². The average Bonchev–Trinajstić information content (AvgIpc) is 3.35. The zero-order chi connectivity index (χ0) is 25.6. The second-order valence-corrected chi connectivity index (χ2v) is 13.7. The van der Waals surface area contributed by atoms with Crippen LogP contribution >= 0.6 is 0 Å². The number of aliphatic hydroxyl groups excluding tert-OH is 1. The van der Waals surface area contributed by atoms with Crippen LogP contribution in [0, 0.1) is 34.5 Å². The molecule has 7 aliphatic rings. The first-order valence-electron chi connectivity index (χ1n) is 14.9. The molecule has 6 heteroatoms. The number of hydrogen-bond donors (Lipinski definition) is 1. The van der Waals surface area contributed by atoms with Crippen molar-refractivity contribution in [3.05, 3.63) is 23.8 Å². The van der Waals surface area contributed by atoms with Crippen molar-refractivity contribution in [3.63, 3.8) is 0 Å². The molecule has 0 aromatic heterocycles. The van der Waals surface area contributed by atoms with E-state index in [9.17, 15) is 14.7 Å². The summed E-state index contributed by atoms with van der Waals surface area (Å²) in [5, 5.41) is 11.9. The third-order valence-corrected chi connectivity index (χ3v) is 12.0. The molecule has 0 spiro atoms. The lowest BCUT2D eigenvalue weighted by atomic mass is 9.47. The summed E-state index contributed by atoms with van der Waals surface area (Å²) in [6.07, 6.45) is 14.7. The van der Waals surface area contributed by atoms with Crippen molar-refractivity contribution in [2.24, 2.45) is 34.5 Å². The molecule has 0 bridgehead atoms. The lowest BCUT2D eigenvalue weighted by Crippen LogP contribution is -2.64. The van der Waals surface area contributed by atoms with Crippen molar-refractivity contribution in [2.75, 3.05) is 19.6 Å². The molecule has 5 aliphatic carbocycles. The SMILES string of the molecule is C[C@]12C=CC(=O)CC1=CC[C@@H]1[C@@H]2[C@@H](O)C[C@@]2(C)[C@H]1C[C@H]1O[C@@H](C3CCCCC3)O[C@]12C(=O)CN1CCC1. The van der Waals surface area contributed by atoms with E-state index in [1.807, 2.05) is 0 Å². The minimum absolute atomic E-state index is 0.0467. The van der Waals surface area contributed by atoms with E-state index in [-0.39, 0.29) is 47.1 Å². The fourth-order valence-electron chi connectivity index (χ4n) is 9.98. The molecule has 6 nitrogen and oxygen atoms in total. The highest BCUT2D eigenvalue weighted by atomic mass is 16.7. The van der Waals surface area contributed by atoms with Crippen molar-refractivity contribution in [2.45, 2.75) is 102 Å². The molecular weight excluding hydrogens is 466 g/mol. The van der Waals surface area contributed by atoms with E-state index in [1.54, 1.807) is 6.08 Å². The number of nitrogens with zero attached hydrogens (tertiary/aromatic N) is 1. The molecule has 2 aliphatic heterocycles. The highest BCUT2D eigenvalue weighted by Gasteiger charge is 2.76. The van der Waals surface area contributed by atoms with Crippen LogP contribution in [0.15, 0.2) is 23.8 Å². The summed E-state index contributed by atoms with van der Waals surface area (Å²) in [5.74, 6) is 1.20. The number of hydrogen-bond acceptors (Lipinski definition) is 6. The van der Waals surface area contributed by atoms with Crippen LogP contribution in [0.3, 0.4) is 0 Å². The summed E-state index contributed by atoms with van der Waals surface area (Å²) < 4.78 is 13.8. The topological polar surface area (TPSA) is 76.1 Å². The van der Waals surface area contributed by atoms with Gasteiger partial charge < -0.3 is 14.6 Å². The van der Waals surface area contributed by atoms with Gasteiger partial charge in [0.1, 0.15) is 0 Å². The number of likely N-dealkylation sites (tertiary alicyclic amines) is 1. The Labute approximate surface area is 220 Å². The van der Waals surface area contributed by atoms with Crippen molar-refractivity contribution >= 4 is 11.6 Å². The molecular formula is C31H43NO5. The Morgan fingerprint density at radius 1 is 1.16 bits per heavy atom. The maximum absolute atomic E-state index is 14.3. The number of fused-ring (bicyclic) bond motifs is 7. The smallest absolute Gasteiger partial charge is 0.181 e. The zero-order valence-corrected chi connectivity index (χ0v) is 22.5. The minimum Gasteiger partial charge on any atom is -0.393 e. The Bertz CT molecular complexity index is 1040. The Morgan fingerprint density at radius 2 is 1.95 bits per heavy atom. The van der Waals surface area contributed by atoms with Gasteiger partial charge in [-0.05, 0) is 69.5 Å². The summed E-state index contributed by atoms with van der Waals surface area (Å²) in [4.78, 5) is 28.8. The Kier molecular flexibility index (Phi) is 5.72. The Balaban J connectivity index is 1.26. The first-order valence-corrected chi connectivity index (χ1v) is 14.9. The van der Waals surface area contributed by atoms with Crippen LogP contribution < -0.4 is 0 Å². The second kappa shape index (κ2) is 8.58. The third-order valence-electron chi connectivity index (χ3n) is 12.0. The molecule has 3 saturated carbocycles. The van der Waals surface area contributed by atoms with Crippen molar-refractivity contribution in [1.82, 2.24) is 4.90 Å². The highest BCUT2D eigenvalue weighted by molar-refractivity contribution is 5.93. The number of Topliss-reactive ketones (excluding diaryl/α,β-unsaturated/α-hetero) is 1. The lowest BCUT2D eigenvalue weighted by molar-refractivity contribution is -0.207. The quantitative estimate of drug-likeness (QED) is 0.572. The monoisotopic (exact) mass is 509 g/mol. The minimum atomic E-state index is -0.982. The van der Waals surface area contributed by atoms with E-state index in [1.165, 1.54) is 19.3 Å². The molecule has 2 saturated heterocycles. The number of carbonyl (C=O) groups excluding carboxylic acids is 2. The van der Waals surface area contributed by atoms with Gasteiger partial charge in [0, 0.05) is 29.1 Å². The molecule has 0 aromatic carbocycles. The van der Waals surface area contributed by atoms with Crippen molar-refractivity contribution in [3.8, 4) is 0 Å². The third kappa shape index (κ3) is 3.38. The van der Waals surface area contributed by atoms with Gasteiger partial charge in [0.25, 0.3) is 0 Å². The normalized spacial score (nSPS) is 49.5. The summed E-state index contributed by atoms with van der Waals surface area (Å²) in [5.41, 5.74) is -0.601. The Morgan fingerprint density at radius 3 is 2.68 bits per heavy atom. The van der Waals surface area contributed by atoms with Gasteiger partial charge in [-0.2, -0.15) is 0 Å². The van der Waals surface area contributed by atoms with Crippen LogP contribution in [-0.4, -0.2) is 65.3 Å². The summed E-state index contributed by atoms with van der Waals surface area (Å²) in [6.45, 7) is 6.82. The molecule has 0 amide bonds. The van der Waals surface area contributed by atoms with E-state index in [0.717, 1.165) is 50.8 Å². The zero-order valence-electron chi connectivity index (χ0n) is 22.5. The van der Waals surface area contributed by atoms with Crippen LogP contribution in [0.4, 0.5) is 0 Å². The Hall–Kier alpha value is -1.34. The average molecular weight is 510 g/mol. The number of rotatable bonds is 4. The molecule has 5 fully saturated rings. The van der Waals surface area contributed by atoms with Gasteiger partial charge in [-0.3, -0.25) is 14.5 Å². The highest BCUT2D eigenvalue weighted by Crippen LogP contribution is 2.69. The second-order valence-electron chi connectivity index (χ2n) is 13.7. The standard InChI is InChI=1S/C31H43NO5/c1-29-12-11-21(33)15-20(29)9-10-22-23-16-26-31(25(35)18-32-13-6-14-32,30(23,2)17-24(34)27(22)29)37-28(36-26)19-7-4-3-5-8-19/h9,11-12,19,22-24,26-28,34H,3-8,10,13-18H2,1-2H3/t22-,23-,24-,26+,27+,28+,29-,30-,31+/m0/s1. The summed E-state index contributed by atoms with van der Waals surface area (Å²) >= 11 is 0.